The number of halogens is 2. The summed E-state index contributed by atoms with van der Waals surface area (Å²) >= 11 is 12.5. The van der Waals surface area contributed by atoms with Crippen LogP contribution in [-0.4, -0.2) is 19.6 Å². The third kappa shape index (κ3) is 3.64. The summed E-state index contributed by atoms with van der Waals surface area (Å²) in [5.74, 6) is 0.423. The highest BCUT2D eigenvalue weighted by Crippen LogP contribution is 2.44. The van der Waals surface area contributed by atoms with Crippen molar-refractivity contribution < 1.29 is 5.11 Å². The lowest BCUT2D eigenvalue weighted by molar-refractivity contribution is 0.118. The molecule has 3 aromatic carbocycles. The van der Waals surface area contributed by atoms with Crippen LogP contribution in [-0.2, 0) is 12.6 Å². The molecule has 164 valence electrons. The molecule has 5 rings (SSSR count). The Labute approximate surface area is 201 Å². The lowest BCUT2D eigenvalue weighted by Gasteiger charge is -2.32. The molecule has 1 unspecified atom stereocenters. The second kappa shape index (κ2) is 8.19. The van der Waals surface area contributed by atoms with Gasteiger partial charge in [-0.1, -0.05) is 53.5 Å². The van der Waals surface area contributed by atoms with Crippen LogP contribution >= 0.6 is 23.2 Å². The molecule has 5 aromatic rings. The molecule has 2 heterocycles. The van der Waals surface area contributed by atoms with E-state index >= 15 is 0 Å². The van der Waals surface area contributed by atoms with E-state index in [1.165, 1.54) is 0 Å². The van der Waals surface area contributed by atoms with E-state index in [1.807, 2.05) is 66.2 Å². The van der Waals surface area contributed by atoms with Crippen molar-refractivity contribution in [2.24, 2.45) is 7.05 Å². The Balaban J connectivity index is 1.92. The van der Waals surface area contributed by atoms with Gasteiger partial charge in [-0.15, -0.1) is 0 Å². The molecule has 7 heteroatoms. The third-order valence-electron chi connectivity index (χ3n) is 5.85. The van der Waals surface area contributed by atoms with Crippen molar-refractivity contribution in [2.75, 3.05) is 5.73 Å². The molecule has 0 aliphatic carbocycles. The molecule has 0 spiro atoms. The summed E-state index contributed by atoms with van der Waals surface area (Å²) in [4.78, 5) is 8.77. The standard InChI is InChI=1S/C26H20Cl2N4O/c1-32-15-30-14-23(32)26(33,17-5-7-18(27)8-6-17)21-10-11-22-20(9-12-24(29)31-22)25(21)16-3-2-4-19(28)13-16/h2-15,33H,1H3,(H2,29,31). The van der Waals surface area contributed by atoms with E-state index in [4.69, 9.17) is 28.9 Å². The van der Waals surface area contributed by atoms with Crippen LogP contribution in [0.2, 0.25) is 10.0 Å². The number of benzene rings is 3. The molecule has 0 aliphatic rings. The first kappa shape index (κ1) is 21.5. The molecule has 0 radical (unpaired) electrons. The molecule has 33 heavy (non-hydrogen) atoms. The first-order chi connectivity index (χ1) is 15.9. The molecule has 0 saturated heterocycles. The first-order valence-corrected chi connectivity index (χ1v) is 11.0. The average Bonchev–Trinajstić information content (AvgIpc) is 3.24. The predicted molar refractivity (Wildman–Crippen MR) is 133 cm³/mol. The molecule has 0 amide bonds. The number of pyridine rings is 1. The highest BCUT2D eigenvalue weighted by Gasteiger charge is 2.39. The summed E-state index contributed by atoms with van der Waals surface area (Å²) in [5.41, 5.74) is 8.72. The smallest absolute Gasteiger partial charge is 0.157 e. The normalized spacial score (nSPS) is 13.2. The van der Waals surface area contributed by atoms with Gasteiger partial charge in [0.05, 0.1) is 23.7 Å². The van der Waals surface area contributed by atoms with Gasteiger partial charge in [-0.05, 0) is 59.2 Å². The number of fused-ring (bicyclic) bond motifs is 1. The third-order valence-corrected chi connectivity index (χ3v) is 6.33. The summed E-state index contributed by atoms with van der Waals surface area (Å²) < 4.78 is 1.81. The average molecular weight is 475 g/mol. The fourth-order valence-electron chi connectivity index (χ4n) is 4.31. The largest absolute Gasteiger partial charge is 0.384 e. The van der Waals surface area contributed by atoms with Crippen molar-refractivity contribution in [1.29, 1.82) is 0 Å². The van der Waals surface area contributed by atoms with E-state index in [1.54, 1.807) is 30.7 Å². The quantitative estimate of drug-likeness (QED) is 0.344. The summed E-state index contributed by atoms with van der Waals surface area (Å²) in [6.45, 7) is 0. The summed E-state index contributed by atoms with van der Waals surface area (Å²) in [6, 6.07) is 22.1. The number of aryl methyl sites for hydroxylation is 1. The molecular weight excluding hydrogens is 455 g/mol. The lowest BCUT2D eigenvalue weighted by atomic mass is 9.78. The van der Waals surface area contributed by atoms with Gasteiger partial charge in [0.15, 0.2) is 5.60 Å². The fourth-order valence-corrected chi connectivity index (χ4v) is 4.63. The summed E-state index contributed by atoms with van der Waals surface area (Å²) in [5, 5.41) is 14.6. The highest BCUT2D eigenvalue weighted by atomic mass is 35.5. The number of hydrogen-bond acceptors (Lipinski definition) is 4. The first-order valence-electron chi connectivity index (χ1n) is 10.3. The molecule has 0 fully saturated rings. The summed E-state index contributed by atoms with van der Waals surface area (Å²) in [7, 11) is 1.85. The van der Waals surface area contributed by atoms with Crippen molar-refractivity contribution in [3.05, 3.63) is 112 Å². The van der Waals surface area contributed by atoms with Crippen LogP contribution < -0.4 is 5.73 Å². The van der Waals surface area contributed by atoms with Gasteiger partial charge in [-0.2, -0.15) is 0 Å². The highest BCUT2D eigenvalue weighted by molar-refractivity contribution is 6.31. The van der Waals surface area contributed by atoms with Crippen molar-refractivity contribution in [1.82, 2.24) is 14.5 Å². The van der Waals surface area contributed by atoms with E-state index in [-0.39, 0.29) is 0 Å². The van der Waals surface area contributed by atoms with Crippen LogP contribution in [0.1, 0.15) is 16.8 Å². The van der Waals surface area contributed by atoms with Crippen LogP contribution in [0.5, 0.6) is 0 Å². The lowest BCUT2D eigenvalue weighted by Crippen LogP contribution is -2.32. The van der Waals surface area contributed by atoms with Gasteiger partial charge < -0.3 is 15.4 Å². The van der Waals surface area contributed by atoms with Crippen LogP contribution in [0.25, 0.3) is 22.0 Å². The van der Waals surface area contributed by atoms with Crippen molar-refractivity contribution in [3.8, 4) is 11.1 Å². The number of rotatable bonds is 4. The zero-order valence-corrected chi connectivity index (χ0v) is 19.2. The van der Waals surface area contributed by atoms with Crippen LogP contribution in [0.4, 0.5) is 5.82 Å². The topological polar surface area (TPSA) is 77.0 Å². The molecule has 5 nitrogen and oxygen atoms in total. The second-order valence-corrected chi connectivity index (χ2v) is 8.78. The maximum atomic E-state index is 12.5. The summed E-state index contributed by atoms with van der Waals surface area (Å²) in [6.07, 6.45) is 3.33. The van der Waals surface area contributed by atoms with Crippen LogP contribution in [0.3, 0.4) is 0 Å². The van der Waals surface area contributed by atoms with Gasteiger partial charge in [-0.25, -0.2) is 9.97 Å². The van der Waals surface area contributed by atoms with E-state index in [0.717, 1.165) is 22.0 Å². The maximum Gasteiger partial charge on any atom is 0.157 e. The molecule has 2 aromatic heterocycles. The second-order valence-electron chi connectivity index (χ2n) is 7.91. The number of nitrogens with two attached hydrogens (primary N) is 1. The van der Waals surface area contributed by atoms with Gasteiger partial charge >= 0.3 is 0 Å². The molecule has 0 aliphatic heterocycles. The molecule has 0 bridgehead atoms. The monoisotopic (exact) mass is 474 g/mol. The molecule has 3 N–H and O–H groups in total. The van der Waals surface area contributed by atoms with Gasteiger partial charge in [0.2, 0.25) is 0 Å². The van der Waals surface area contributed by atoms with E-state index in [9.17, 15) is 5.11 Å². The fraction of sp³-hybridized carbons (Fsp3) is 0.0769. The van der Waals surface area contributed by atoms with Gasteiger partial charge in [0.1, 0.15) is 5.82 Å². The number of anilines is 1. The van der Waals surface area contributed by atoms with Crippen molar-refractivity contribution >= 4 is 39.9 Å². The minimum Gasteiger partial charge on any atom is -0.384 e. The molecular formula is C26H20Cl2N4O. The van der Waals surface area contributed by atoms with Crippen molar-refractivity contribution in [3.63, 3.8) is 0 Å². The maximum absolute atomic E-state index is 12.5. The van der Waals surface area contributed by atoms with E-state index < -0.39 is 5.60 Å². The Bertz CT molecular complexity index is 1480. The Hall–Kier alpha value is -3.38. The zero-order valence-electron chi connectivity index (χ0n) is 17.7. The number of aliphatic hydroxyl groups is 1. The van der Waals surface area contributed by atoms with Crippen LogP contribution in [0, 0.1) is 0 Å². The molecule has 0 saturated carbocycles. The number of aromatic nitrogens is 3. The Morgan fingerprint density at radius 3 is 2.42 bits per heavy atom. The van der Waals surface area contributed by atoms with Gasteiger partial charge in [-0.3, -0.25) is 0 Å². The minimum absolute atomic E-state index is 0.423. The molecule has 1 atom stereocenters. The van der Waals surface area contributed by atoms with E-state index in [0.29, 0.717) is 32.7 Å². The predicted octanol–water partition coefficient (Wildman–Crippen LogP) is 5.81. The number of nitrogen functional groups attached to an aromatic ring is 1. The zero-order chi connectivity index (χ0) is 23.2. The number of nitrogens with zero attached hydrogens (tertiary/aromatic N) is 3. The Morgan fingerprint density at radius 1 is 0.939 bits per heavy atom. The Kier molecular flexibility index (Phi) is 5.33. The SMILES string of the molecule is Cn1cncc1C(O)(c1ccc(Cl)cc1)c1ccc2nc(N)ccc2c1-c1cccc(Cl)c1. The minimum atomic E-state index is -1.54. The number of imidazole rings is 1. The van der Waals surface area contributed by atoms with Gasteiger partial charge in [0, 0.05) is 28.0 Å². The van der Waals surface area contributed by atoms with Crippen molar-refractivity contribution in [2.45, 2.75) is 5.60 Å². The van der Waals surface area contributed by atoms with Crippen LogP contribution in [0.15, 0.2) is 85.3 Å². The van der Waals surface area contributed by atoms with Gasteiger partial charge in [0.25, 0.3) is 0 Å². The number of hydrogen-bond donors (Lipinski definition) is 2. The Morgan fingerprint density at radius 2 is 1.73 bits per heavy atom. The van der Waals surface area contributed by atoms with E-state index in [2.05, 4.69) is 9.97 Å².